The van der Waals surface area contributed by atoms with Gasteiger partial charge in [0.25, 0.3) is 0 Å². The van der Waals surface area contributed by atoms with Crippen LogP contribution < -0.4 is 0 Å². The van der Waals surface area contributed by atoms with Crippen molar-refractivity contribution in [3.63, 3.8) is 0 Å². The van der Waals surface area contributed by atoms with Gasteiger partial charge in [0.1, 0.15) is 0 Å². The SMILES string of the molecule is [B][B]B([B])B(B(B([B])[B])B([B])[B])B(B(B([B])[B])B([B])[B])C(B(B(B(B([B])[B])B([B])[B])B(B([B])[B])B([B])[B])B(B(B([B])[B])B([B])[B])B(B([B])[B])B([B])[B])B(B(B(B([B])[B])B([B])[B])B(B([B])[B])B([B])[B])B(B(B([B])[B])B([B])[B])B(B([B])[B])B([B])[B]. The molecule has 0 fully saturated rings. The van der Waals surface area contributed by atoms with E-state index >= 15 is 0 Å². The smallest absolute Gasteiger partial charge is 0.0294 e. The molecule has 0 saturated heterocycles. The summed E-state index contributed by atoms with van der Waals surface area (Å²) < 4.78 is 0. The lowest BCUT2D eigenvalue weighted by molar-refractivity contribution is 1.80. The summed E-state index contributed by atoms with van der Waals surface area (Å²) in [4.78, 5) is 0. The van der Waals surface area contributed by atoms with Crippen LogP contribution in [0.15, 0.2) is 0 Å². The first-order chi connectivity index (χ1) is 37.8. The van der Waals surface area contributed by atoms with Crippen LogP contribution in [0, 0.1) is 0 Å². The van der Waals surface area contributed by atoms with Crippen LogP contribution in [0.25, 0.3) is 0 Å². The van der Waals surface area contributed by atoms with E-state index in [1.807, 2.05) is 0 Å². The second kappa shape index (κ2) is 40.8. The van der Waals surface area contributed by atoms with E-state index in [9.17, 15) is 0 Å². The minimum Gasteiger partial charge on any atom is -0.146 e. The van der Waals surface area contributed by atoms with Crippen LogP contribution in [0.2, 0.25) is 5.62 Å². The highest BCUT2D eigenvalue weighted by Crippen LogP contribution is 2.36. The average molecular weight is 900 g/mol. The Morgan fingerprint density at radius 1 is 0.145 bits per heavy atom. The minimum absolute atomic E-state index is 1.03. The molecule has 0 aliphatic carbocycles. The molecule has 0 aromatic heterocycles. The maximum atomic E-state index is 7.32. The van der Waals surface area contributed by atoms with Gasteiger partial charge >= 0.3 is 0 Å². The molecule has 0 spiro atoms. The zero-order chi connectivity index (χ0) is 65.8. The number of hydrogen-bond donors (Lipinski definition) is 0. The molecule has 0 bridgehead atoms. The molecule has 83 heavy (non-hydrogen) atoms. The van der Waals surface area contributed by atoms with E-state index in [-0.39, 0.29) is 0 Å². The van der Waals surface area contributed by atoms with E-state index < -0.39 is 255 Å². The fourth-order valence-corrected chi connectivity index (χ4v) is 14.8. The van der Waals surface area contributed by atoms with Crippen LogP contribution in [-0.4, -0.2) is 581 Å². The van der Waals surface area contributed by atoms with Crippen molar-refractivity contribution < 1.29 is 0 Å². The third-order valence-corrected chi connectivity index (χ3v) is 17.6. The Morgan fingerprint density at radius 2 is 0.253 bits per heavy atom. The molecule has 0 aliphatic heterocycles. The van der Waals surface area contributed by atoms with E-state index in [1.165, 1.54) is 0 Å². The summed E-state index contributed by atoms with van der Waals surface area (Å²) in [6.07, 6.45) is -60.3. The van der Waals surface area contributed by atoms with E-state index in [2.05, 4.69) is 0 Å². The van der Waals surface area contributed by atoms with Crippen LogP contribution in [0.5, 0.6) is 0 Å². The lowest BCUT2D eigenvalue weighted by Crippen LogP contribution is -2.95. The monoisotopic (exact) mass is 916 g/mol. The second-order valence-electron chi connectivity index (χ2n) is 23.3. The average Bonchev–Trinajstić information content (AvgIpc) is 3.26. The first-order valence-corrected chi connectivity index (χ1v) is 27.3. The first-order valence-electron chi connectivity index (χ1n) is 27.3. The molecular weight excluding hydrogens is 899 g/mol. The zero-order valence-electron chi connectivity index (χ0n) is 47.9. The topological polar surface area (TPSA) is 0 Å². The van der Waals surface area contributed by atoms with E-state index in [4.69, 9.17) is 325 Å². The largest absolute Gasteiger partial charge is 0.146 e. The highest BCUT2D eigenvalue weighted by Gasteiger charge is 2.66. The number of rotatable bonds is 40. The molecule has 0 unspecified atom stereocenters. The van der Waals surface area contributed by atoms with Gasteiger partial charge in [-0.15, -0.1) is 5.62 Å². The number of hydrogen-bond acceptors (Lipinski definition) is 0. The standard InChI is InChI=1S/CHB82/c2-44-68(43)70(75(50(7)8)51(9)10)45(69(48(3)4)49(5)6)1(46(71(76(52(11)12)53(13)14)77(54(15)16)55(17)18)72(78(56(19)20)57(21)22)79(58(23)24)59(25)26)47(73(80(60(27)28)61(29)30)81(62(31)32)63(33)34)74(82(64(35)36)65(37)38)83(66(39)40)67(41)42/h1H. The highest BCUT2D eigenvalue weighted by molar-refractivity contribution is 8.30. The third kappa shape index (κ3) is 23.8. The predicted molar refractivity (Wildman–Crippen MR) is 476 cm³/mol. The maximum Gasteiger partial charge on any atom is 0.0294 e. The van der Waals surface area contributed by atoms with Crippen molar-refractivity contribution in [2.45, 2.75) is 5.62 Å². The molecule has 0 rings (SSSR count). The highest BCUT2D eigenvalue weighted by atomic mass is 13.7. The first kappa shape index (κ1) is 88.3. The molecule has 251 valence electrons. The maximum absolute atomic E-state index is 7.32. The Kier molecular flexibility index (Phi) is 43.4. The van der Waals surface area contributed by atoms with E-state index in [1.54, 1.807) is 0 Å². The normalized spacial score (nSPS) is 9.89. The fourth-order valence-electron chi connectivity index (χ4n) is 14.8. The summed E-state index contributed by atoms with van der Waals surface area (Å²) in [5, 5.41) is 0. The molecule has 0 nitrogen and oxygen atoms in total. The minimum atomic E-state index is -1.97. The lowest BCUT2D eigenvalue weighted by Gasteiger charge is -2.62. The quantitative estimate of drug-likeness (QED) is 0.0538. The van der Waals surface area contributed by atoms with Gasteiger partial charge in [0, 0.05) is 581 Å². The van der Waals surface area contributed by atoms with Crippen molar-refractivity contribution in [3.05, 3.63) is 0 Å². The molecule has 82 heteroatoms. The van der Waals surface area contributed by atoms with Gasteiger partial charge in [-0.05, 0) is 0 Å². The van der Waals surface area contributed by atoms with Crippen molar-refractivity contribution in [3.8, 4) is 0 Å². The predicted octanol–water partition coefficient (Wildman–Crippen LogP) is -30.9. The van der Waals surface area contributed by atoms with Gasteiger partial charge in [-0.2, -0.15) is 0 Å². The summed E-state index contributed by atoms with van der Waals surface area (Å²) in [6, 6.07) is 0. The third-order valence-electron chi connectivity index (χ3n) is 17.6. The Morgan fingerprint density at radius 3 is 0.361 bits per heavy atom. The summed E-state index contributed by atoms with van der Waals surface area (Å²) in [7, 11) is 291. The van der Waals surface area contributed by atoms with Crippen LogP contribution in [0.1, 0.15) is 0 Å². The van der Waals surface area contributed by atoms with Gasteiger partial charge < -0.3 is 0 Å². The second-order valence-corrected chi connectivity index (χ2v) is 23.3. The summed E-state index contributed by atoms with van der Waals surface area (Å²) in [5.74, 6) is 0. The Labute approximate surface area is 581 Å². The van der Waals surface area contributed by atoms with Crippen molar-refractivity contribution in [2.24, 2.45) is 0 Å². The molecule has 0 saturated carbocycles. The zero-order valence-corrected chi connectivity index (χ0v) is 47.9. The molecule has 0 atom stereocenters. The van der Waals surface area contributed by atoms with Gasteiger partial charge in [0.2, 0.25) is 0 Å². The molecule has 0 heterocycles. The molecular formula is CHB82. The summed E-state index contributed by atoms with van der Waals surface area (Å²) in [5.41, 5.74) is -1.97. The Hall–Kier alpha value is 5.32. The van der Waals surface area contributed by atoms with Crippen LogP contribution in [0.3, 0.4) is 0 Å². The summed E-state index contributed by atoms with van der Waals surface area (Å²) >= 11 is 0. The molecule has 85 radical (unpaired) electrons. The van der Waals surface area contributed by atoms with Crippen LogP contribution in [0.4, 0.5) is 0 Å². The molecule has 0 aromatic carbocycles. The van der Waals surface area contributed by atoms with Gasteiger partial charge in [0.05, 0.1) is 0 Å². The van der Waals surface area contributed by atoms with Gasteiger partial charge in [-0.3, -0.25) is 0 Å². The van der Waals surface area contributed by atoms with Crippen molar-refractivity contribution in [1.82, 2.24) is 0 Å². The summed E-state index contributed by atoms with van der Waals surface area (Å²) in [6.45, 7) is -5.63. The van der Waals surface area contributed by atoms with Crippen molar-refractivity contribution >= 4 is 581 Å². The molecule has 0 amide bonds. The van der Waals surface area contributed by atoms with Crippen LogP contribution in [-0.2, 0) is 0 Å². The molecule has 0 aromatic rings. The van der Waals surface area contributed by atoms with Gasteiger partial charge in [0.15, 0.2) is 0 Å². The Balaban J connectivity index is 13.0. The molecule has 0 N–H and O–H groups in total. The van der Waals surface area contributed by atoms with Gasteiger partial charge in [-0.1, -0.05) is 0 Å². The van der Waals surface area contributed by atoms with Crippen molar-refractivity contribution in [1.29, 1.82) is 0 Å². The fraction of sp³-hybridized carbons (Fsp3) is 1.00. The Bertz CT molecular complexity index is 1300. The lowest BCUT2D eigenvalue weighted by atomic mass is 8.28. The molecule has 0 aliphatic rings. The van der Waals surface area contributed by atoms with Crippen LogP contribution >= 0.6 is 0 Å². The van der Waals surface area contributed by atoms with Crippen molar-refractivity contribution in [2.75, 3.05) is 0 Å². The van der Waals surface area contributed by atoms with E-state index in [0.29, 0.717) is 0 Å². The van der Waals surface area contributed by atoms with Gasteiger partial charge in [-0.25, -0.2) is 0 Å². The van der Waals surface area contributed by atoms with E-state index in [0.717, 1.165) is 7.06 Å².